The van der Waals surface area contributed by atoms with Crippen LogP contribution in [0.2, 0.25) is 0 Å². The Morgan fingerprint density at radius 1 is 1.10 bits per heavy atom. The van der Waals surface area contributed by atoms with Gasteiger partial charge in [0.25, 0.3) is 0 Å². The van der Waals surface area contributed by atoms with Crippen LogP contribution in [0.4, 0.5) is 11.6 Å². The van der Waals surface area contributed by atoms with Crippen molar-refractivity contribution in [2.45, 2.75) is 65.3 Å². The number of rotatable bonds is 3. The Hall–Kier alpha value is -1.32. The summed E-state index contributed by atoms with van der Waals surface area (Å²) < 4.78 is 0. The Bertz CT molecular complexity index is 478. The Kier molecular flexibility index (Phi) is 4.74. The minimum atomic E-state index is -0.0469. The highest BCUT2D eigenvalue weighted by atomic mass is 15.1. The van der Waals surface area contributed by atoms with Gasteiger partial charge in [-0.05, 0) is 18.3 Å². The van der Waals surface area contributed by atoms with Crippen molar-refractivity contribution in [2.24, 2.45) is 11.8 Å². The summed E-state index contributed by atoms with van der Waals surface area (Å²) >= 11 is 0. The van der Waals surface area contributed by atoms with Gasteiger partial charge in [-0.15, -0.1) is 0 Å². The molecule has 2 rings (SSSR count). The summed E-state index contributed by atoms with van der Waals surface area (Å²) in [5.41, 5.74) is -0.0469. The van der Waals surface area contributed by atoms with Gasteiger partial charge in [0.05, 0.1) is 0 Å². The van der Waals surface area contributed by atoms with Crippen LogP contribution in [0.1, 0.15) is 59.7 Å². The van der Waals surface area contributed by atoms with Crippen molar-refractivity contribution in [3.8, 4) is 0 Å². The molecule has 1 aromatic rings. The van der Waals surface area contributed by atoms with Crippen LogP contribution < -0.4 is 10.6 Å². The molecule has 4 nitrogen and oxygen atoms in total. The number of aromatic nitrogens is 2. The van der Waals surface area contributed by atoms with Crippen molar-refractivity contribution in [3.63, 3.8) is 0 Å². The van der Waals surface area contributed by atoms with Crippen LogP contribution >= 0.6 is 0 Å². The van der Waals surface area contributed by atoms with E-state index in [4.69, 9.17) is 4.98 Å². The lowest BCUT2D eigenvalue weighted by Gasteiger charge is -2.35. The van der Waals surface area contributed by atoms with Crippen LogP contribution in [-0.4, -0.2) is 23.1 Å². The fourth-order valence-corrected chi connectivity index (χ4v) is 2.96. The van der Waals surface area contributed by atoms with E-state index in [2.05, 4.69) is 50.2 Å². The Labute approximate surface area is 129 Å². The van der Waals surface area contributed by atoms with Crippen molar-refractivity contribution >= 4 is 11.6 Å². The lowest BCUT2D eigenvalue weighted by Crippen LogP contribution is -2.35. The zero-order valence-electron chi connectivity index (χ0n) is 14.3. The smallest absolute Gasteiger partial charge is 0.138 e. The predicted molar refractivity (Wildman–Crippen MR) is 89.9 cm³/mol. The zero-order valence-corrected chi connectivity index (χ0v) is 14.3. The quantitative estimate of drug-likeness (QED) is 0.881. The lowest BCUT2D eigenvalue weighted by molar-refractivity contribution is 0.253. The van der Waals surface area contributed by atoms with Crippen LogP contribution in [0, 0.1) is 11.8 Å². The molecule has 0 bridgehead atoms. The molecule has 1 saturated carbocycles. The fourth-order valence-electron chi connectivity index (χ4n) is 2.96. The second-order valence-electron chi connectivity index (χ2n) is 7.48. The second kappa shape index (κ2) is 6.20. The first-order valence-electron chi connectivity index (χ1n) is 8.15. The van der Waals surface area contributed by atoms with Gasteiger partial charge < -0.3 is 10.6 Å². The van der Waals surface area contributed by atoms with Crippen molar-refractivity contribution in [1.29, 1.82) is 0 Å². The summed E-state index contributed by atoms with van der Waals surface area (Å²) in [4.78, 5) is 9.33. The molecule has 1 aliphatic rings. The van der Waals surface area contributed by atoms with Crippen molar-refractivity contribution in [3.05, 3.63) is 11.9 Å². The third-order valence-corrected chi connectivity index (χ3v) is 4.69. The number of hydrogen-bond donors (Lipinski definition) is 2. The van der Waals surface area contributed by atoms with Crippen LogP contribution in [0.15, 0.2) is 6.07 Å². The molecule has 0 aromatic carbocycles. The van der Waals surface area contributed by atoms with Gasteiger partial charge >= 0.3 is 0 Å². The van der Waals surface area contributed by atoms with E-state index in [9.17, 15) is 0 Å². The Morgan fingerprint density at radius 2 is 1.76 bits per heavy atom. The van der Waals surface area contributed by atoms with Gasteiger partial charge in [0.1, 0.15) is 17.5 Å². The molecule has 21 heavy (non-hydrogen) atoms. The van der Waals surface area contributed by atoms with Gasteiger partial charge in [0.2, 0.25) is 0 Å². The summed E-state index contributed by atoms with van der Waals surface area (Å²) in [7, 11) is 1.91. The van der Waals surface area contributed by atoms with E-state index in [0.29, 0.717) is 12.0 Å². The highest BCUT2D eigenvalue weighted by Crippen LogP contribution is 2.32. The largest absolute Gasteiger partial charge is 0.373 e. The van der Waals surface area contributed by atoms with E-state index >= 15 is 0 Å². The van der Waals surface area contributed by atoms with Crippen molar-refractivity contribution < 1.29 is 0 Å². The average molecular weight is 290 g/mol. The number of nitrogens with one attached hydrogen (secondary N) is 2. The average Bonchev–Trinajstić information content (AvgIpc) is 2.42. The van der Waals surface area contributed by atoms with Gasteiger partial charge in [-0.25, -0.2) is 9.97 Å². The molecule has 3 atom stereocenters. The minimum absolute atomic E-state index is 0.0469. The standard InChI is InChI=1S/C17H30N4/c1-11-8-7-9-13(12(11)2)19-15-10-14(18-6)20-16(21-15)17(3,4)5/h10-13H,7-9H2,1-6H3,(H2,18,19,20,21). The first-order valence-corrected chi connectivity index (χ1v) is 8.15. The minimum Gasteiger partial charge on any atom is -0.373 e. The highest BCUT2D eigenvalue weighted by Gasteiger charge is 2.28. The maximum absolute atomic E-state index is 4.74. The molecule has 1 aliphatic carbocycles. The molecule has 1 aromatic heterocycles. The topological polar surface area (TPSA) is 49.8 Å². The first kappa shape index (κ1) is 16.1. The lowest BCUT2D eigenvalue weighted by atomic mass is 9.78. The van der Waals surface area contributed by atoms with E-state index < -0.39 is 0 Å². The third-order valence-electron chi connectivity index (χ3n) is 4.69. The summed E-state index contributed by atoms with van der Waals surface area (Å²) in [5.74, 6) is 4.18. The van der Waals surface area contributed by atoms with Gasteiger partial charge in [-0.1, -0.05) is 47.5 Å². The van der Waals surface area contributed by atoms with E-state index in [1.54, 1.807) is 0 Å². The van der Waals surface area contributed by atoms with Gasteiger partial charge in [-0.3, -0.25) is 0 Å². The first-order chi connectivity index (χ1) is 9.81. The molecule has 1 heterocycles. The third kappa shape index (κ3) is 3.86. The van der Waals surface area contributed by atoms with Crippen LogP contribution in [-0.2, 0) is 5.41 Å². The number of nitrogens with zero attached hydrogens (tertiary/aromatic N) is 2. The van der Waals surface area contributed by atoms with E-state index in [1.807, 2.05) is 13.1 Å². The molecule has 0 saturated heterocycles. The molecule has 0 radical (unpaired) electrons. The SMILES string of the molecule is CNc1cc(NC2CCCC(C)C2C)nc(C(C)(C)C)n1. The maximum Gasteiger partial charge on any atom is 0.138 e. The van der Waals surface area contributed by atoms with Crippen molar-refractivity contribution in [2.75, 3.05) is 17.7 Å². The van der Waals surface area contributed by atoms with Gasteiger partial charge in [-0.2, -0.15) is 0 Å². The molecule has 3 unspecified atom stereocenters. The molecule has 0 aliphatic heterocycles. The molecule has 0 amide bonds. The maximum atomic E-state index is 4.74. The summed E-state index contributed by atoms with van der Waals surface area (Å²) in [6.45, 7) is 11.2. The van der Waals surface area contributed by atoms with Crippen LogP contribution in [0.5, 0.6) is 0 Å². The molecular formula is C17H30N4. The van der Waals surface area contributed by atoms with E-state index in [0.717, 1.165) is 23.4 Å². The van der Waals surface area contributed by atoms with Crippen molar-refractivity contribution in [1.82, 2.24) is 9.97 Å². The van der Waals surface area contributed by atoms with E-state index in [-0.39, 0.29) is 5.41 Å². The molecule has 1 fully saturated rings. The number of anilines is 2. The van der Waals surface area contributed by atoms with E-state index in [1.165, 1.54) is 19.3 Å². The summed E-state index contributed by atoms with van der Waals surface area (Å²) in [5, 5.41) is 6.80. The van der Waals surface area contributed by atoms with Crippen LogP contribution in [0.25, 0.3) is 0 Å². The van der Waals surface area contributed by atoms with Crippen LogP contribution in [0.3, 0.4) is 0 Å². The monoisotopic (exact) mass is 290 g/mol. The molecule has 118 valence electrons. The summed E-state index contributed by atoms with van der Waals surface area (Å²) in [6.07, 6.45) is 3.88. The molecule has 4 heteroatoms. The van der Waals surface area contributed by atoms with Gasteiger partial charge in [0.15, 0.2) is 0 Å². The highest BCUT2D eigenvalue weighted by molar-refractivity contribution is 5.48. The van der Waals surface area contributed by atoms with Gasteiger partial charge in [0, 0.05) is 24.6 Å². The predicted octanol–water partition coefficient (Wildman–Crippen LogP) is 4.05. The fraction of sp³-hybridized carbons (Fsp3) is 0.765. The molecular weight excluding hydrogens is 260 g/mol. The summed E-state index contributed by atoms with van der Waals surface area (Å²) in [6, 6.07) is 2.53. The Balaban J connectivity index is 2.23. The molecule has 0 spiro atoms. The number of hydrogen-bond acceptors (Lipinski definition) is 4. The molecule has 2 N–H and O–H groups in total. The second-order valence-corrected chi connectivity index (χ2v) is 7.48. The normalized spacial score (nSPS) is 26.5. The zero-order chi connectivity index (χ0) is 15.6. The Morgan fingerprint density at radius 3 is 2.38 bits per heavy atom.